The van der Waals surface area contributed by atoms with Crippen LogP contribution >= 0.6 is 0 Å². The Morgan fingerprint density at radius 2 is 1.89 bits per heavy atom. The Balaban J connectivity index is 2.24. The quantitative estimate of drug-likeness (QED) is 0.917. The van der Waals surface area contributed by atoms with Gasteiger partial charge in [0.05, 0.1) is 17.8 Å². The highest BCUT2D eigenvalue weighted by atomic mass is 16.4. The van der Waals surface area contributed by atoms with E-state index in [2.05, 4.69) is 18.9 Å². The highest BCUT2D eigenvalue weighted by Gasteiger charge is 2.10. The molecule has 100 valence electrons. The number of nitrogens with zero attached hydrogens (tertiary/aromatic N) is 2. The van der Waals surface area contributed by atoms with E-state index in [0.29, 0.717) is 12.1 Å². The average molecular weight is 258 g/mol. The SMILES string of the molecule is CCc1c(C)nn(Cc2ccc(C(=O)O)cc2)c1C. The van der Waals surface area contributed by atoms with Gasteiger partial charge in [-0.2, -0.15) is 5.10 Å². The predicted molar refractivity (Wildman–Crippen MR) is 73.6 cm³/mol. The number of aryl methyl sites for hydroxylation is 1. The van der Waals surface area contributed by atoms with Crippen LogP contribution in [-0.2, 0) is 13.0 Å². The fourth-order valence-electron chi connectivity index (χ4n) is 2.33. The lowest BCUT2D eigenvalue weighted by Gasteiger charge is -2.05. The van der Waals surface area contributed by atoms with Gasteiger partial charge >= 0.3 is 5.97 Å². The summed E-state index contributed by atoms with van der Waals surface area (Å²) in [5.74, 6) is -0.897. The maximum absolute atomic E-state index is 10.8. The van der Waals surface area contributed by atoms with Crippen LogP contribution in [0.5, 0.6) is 0 Å². The Hall–Kier alpha value is -2.10. The molecule has 0 fully saturated rings. The van der Waals surface area contributed by atoms with Crippen molar-refractivity contribution >= 4 is 5.97 Å². The summed E-state index contributed by atoms with van der Waals surface area (Å²) < 4.78 is 1.98. The van der Waals surface area contributed by atoms with Gasteiger partial charge in [-0.05, 0) is 43.5 Å². The molecule has 0 radical (unpaired) electrons. The van der Waals surface area contributed by atoms with Crippen molar-refractivity contribution in [2.45, 2.75) is 33.7 Å². The van der Waals surface area contributed by atoms with E-state index < -0.39 is 5.97 Å². The third-order valence-electron chi connectivity index (χ3n) is 3.42. The summed E-state index contributed by atoms with van der Waals surface area (Å²) in [4.78, 5) is 10.8. The van der Waals surface area contributed by atoms with Crippen molar-refractivity contribution in [2.24, 2.45) is 0 Å². The van der Waals surface area contributed by atoms with Gasteiger partial charge in [0.1, 0.15) is 0 Å². The molecule has 0 amide bonds. The number of carbonyl (C=O) groups is 1. The number of hydrogen-bond acceptors (Lipinski definition) is 2. The second kappa shape index (κ2) is 5.26. The first kappa shape index (κ1) is 13.3. The Kier molecular flexibility index (Phi) is 3.69. The molecule has 2 aromatic rings. The van der Waals surface area contributed by atoms with Gasteiger partial charge in [0, 0.05) is 5.69 Å². The lowest BCUT2D eigenvalue weighted by atomic mass is 10.1. The van der Waals surface area contributed by atoms with E-state index >= 15 is 0 Å². The Labute approximate surface area is 112 Å². The highest BCUT2D eigenvalue weighted by Crippen LogP contribution is 2.15. The maximum Gasteiger partial charge on any atom is 0.335 e. The summed E-state index contributed by atoms with van der Waals surface area (Å²) in [5, 5.41) is 13.4. The molecule has 0 saturated heterocycles. The Bertz CT molecular complexity index is 597. The fraction of sp³-hybridized carbons (Fsp3) is 0.333. The summed E-state index contributed by atoms with van der Waals surface area (Å²) in [6, 6.07) is 6.94. The second-order valence-corrected chi connectivity index (χ2v) is 4.66. The summed E-state index contributed by atoms with van der Waals surface area (Å²) in [5.41, 5.74) is 4.91. The van der Waals surface area contributed by atoms with Gasteiger partial charge in [-0.1, -0.05) is 19.1 Å². The minimum atomic E-state index is -0.897. The van der Waals surface area contributed by atoms with Crippen LogP contribution in [-0.4, -0.2) is 20.9 Å². The molecular formula is C15H18N2O2. The summed E-state index contributed by atoms with van der Waals surface area (Å²) in [6.07, 6.45) is 0.982. The largest absolute Gasteiger partial charge is 0.478 e. The van der Waals surface area contributed by atoms with Crippen molar-refractivity contribution < 1.29 is 9.90 Å². The molecule has 0 aliphatic heterocycles. The van der Waals surface area contributed by atoms with E-state index in [1.807, 2.05) is 23.7 Å². The van der Waals surface area contributed by atoms with Crippen LogP contribution in [0.15, 0.2) is 24.3 Å². The maximum atomic E-state index is 10.8. The zero-order valence-corrected chi connectivity index (χ0v) is 11.5. The van der Waals surface area contributed by atoms with Crippen LogP contribution in [0.2, 0.25) is 0 Å². The number of carboxylic acids is 1. The minimum absolute atomic E-state index is 0.311. The third kappa shape index (κ3) is 2.67. The molecular weight excluding hydrogens is 240 g/mol. The van der Waals surface area contributed by atoms with E-state index in [0.717, 1.165) is 17.7 Å². The van der Waals surface area contributed by atoms with Gasteiger partial charge in [-0.3, -0.25) is 4.68 Å². The van der Waals surface area contributed by atoms with Gasteiger partial charge < -0.3 is 5.11 Å². The number of aromatic nitrogens is 2. The lowest BCUT2D eigenvalue weighted by molar-refractivity contribution is 0.0697. The summed E-state index contributed by atoms with van der Waals surface area (Å²) >= 11 is 0. The van der Waals surface area contributed by atoms with Crippen molar-refractivity contribution in [3.8, 4) is 0 Å². The molecule has 19 heavy (non-hydrogen) atoms. The zero-order chi connectivity index (χ0) is 14.0. The van der Waals surface area contributed by atoms with E-state index in [-0.39, 0.29) is 0 Å². The van der Waals surface area contributed by atoms with Gasteiger partial charge in [0.25, 0.3) is 0 Å². The number of aromatic carboxylic acids is 1. The molecule has 1 heterocycles. The highest BCUT2D eigenvalue weighted by molar-refractivity contribution is 5.87. The first-order chi connectivity index (χ1) is 9.02. The number of hydrogen-bond donors (Lipinski definition) is 1. The van der Waals surface area contributed by atoms with E-state index in [9.17, 15) is 4.79 Å². The smallest absolute Gasteiger partial charge is 0.335 e. The predicted octanol–water partition coefficient (Wildman–Crippen LogP) is 2.81. The molecule has 1 N–H and O–H groups in total. The number of benzene rings is 1. The van der Waals surface area contributed by atoms with Gasteiger partial charge in [-0.25, -0.2) is 4.79 Å². The third-order valence-corrected chi connectivity index (χ3v) is 3.42. The van der Waals surface area contributed by atoms with E-state index in [4.69, 9.17) is 5.11 Å². The second-order valence-electron chi connectivity index (χ2n) is 4.66. The monoisotopic (exact) mass is 258 g/mol. The molecule has 4 heteroatoms. The standard InChI is InChI=1S/C15H18N2O2/c1-4-14-10(2)16-17(11(14)3)9-12-5-7-13(8-6-12)15(18)19/h5-8H,4,9H2,1-3H3,(H,18,19). The van der Waals surface area contributed by atoms with Crippen molar-refractivity contribution in [3.05, 3.63) is 52.3 Å². The van der Waals surface area contributed by atoms with Gasteiger partial charge in [-0.15, -0.1) is 0 Å². The van der Waals surface area contributed by atoms with E-state index in [1.165, 1.54) is 11.3 Å². The van der Waals surface area contributed by atoms with Crippen LogP contribution in [0, 0.1) is 13.8 Å². The number of rotatable bonds is 4. The molecule has 1 aromatic carbocycles. The average Bonchev–Trinajstić information content (AvgIpc) is 2.64. The molecule has 0 atom stereocenters. The molecule has 0 aliphatic rings. The molecule has 0 spiro atoms. The van der Waals surface area contributed by atoms with Crippen molar-refractivity contribution in [1.29, 1.82) is 0 Å². The van der Waals surface area contributed by atoms with Gasteiger partial charge in [0.15, 0.2) is 0 Å². The van der Waals surface area contributed by atoms with Crippen molar-refractivity contribution in [1.82, 2.24) is 9.78 Å². The van der Waals surface area contributed by atoms with Crippen LogP contribution in [0.4, 0.5) is 0 Å². The molecule has 0 aliphatic carbocycles. The first-order valence-electron chi connectivity index (χ1n) is 6.38. The normalized spacial score (nSPS) is 10.7. The molecule has 0 saturated carbocycles. The van der Waals surface area contributed by atoms with Crippen LogP contribution in [0.25, 0.3) is 0 Å². The van der Waals surface area contributed by atoms with Crippen LogP contribution in [0.1, 0.15) is 39.8 Å². The molecule has 0 bridgehead atoms. The molecule has 1 aromatic heterocycles. The zero-order valence-electron chi connectivity index (χ0n) is 11.5. The molecule has 0 unspecified atom stereocenters. The number of carboxylic acid groups (broad SMARTS) is 1. The Morgan fingerprint density at radius 3 is 2.37 bits per heavy atom. The lowest BCUT2D eigenvalue weighted by Crippen LogP contribution is -2.05. The topological polar surface area (TPSA) is 55.1 Å². The Morgan fingerprint density at radius 1 is 1.26 bits per heavy atom. The molecule has 4 nitrogen and oxygen atoms in total. The molecule has 2 rings (SSSR count). The van der Waals surface area contributed by atoms with Crippen LogP contribution < -0.4 is 0 Å². The first-order valence-corrected chi connectivity index (χ1v) is 6.38. The minimum Gasteiger partial charge on any atom is -0.478 e. The fourth-order valence-corrected chi connectivity index (χ4v) is 2.33. The van der Waals surface area contributed by atoms with Crippen molar-refractivity contribution in [2.75, 3.05) is 0 Å². The summed E-state index contributed by atoms with van der Waals surface area (Å²) in [7, 11) is 0. The van der Waals surface area contributed by atoms with Crippen LogP contribution in [0.3, 0.4) is 0 Å². The van der Waals surface area contributed by atoms with E-state index in [1.54, 1.807) is 12.1 Å². The van der Waals surface area contributed by atoms with Crippen molar-refractivity contribution in [3.63, 3.8) is 0 Å². The van der Waals surface area contributed by atoms with Gasteiger partial charge in [0.2, 0.25) is 0 Å². The summed E-state index contributed by atoms with van der Waals surface area (Å²) in [6.45, 7) is 6.90.